The number of ether oxygens (including phenoxy) is 1. The van der Waals surface area contributed by atoms with E-state index in [1.54, 1.807) is 0 Å². The van der Waals surface area contributed by atoms with Crippen LogP contribution in [0.1, 0.15) is 11.6 Å². The number of nitrogens with one attached hydrogen (secondary N) is 1. The van der Waals surface area contributed by atoms with Crippen LogP contribution in [0.25, 0.3) is 0 Å². The summed E-state index contributed by atoms with van der Waals surface area (Å²) in [5.74, 6) is -1.57. The molecule has 1 saturated heterocycles. The summed E-state index contributed by atoms with van der Waals surface area (Å²) >= 11 is 0. The van der Waals surface area contributed by atoms with Gasteiger partial charge in [0.2, 0.25) is 11.9 Å². The second-order valence-corrected chi connectivity index (χ2v) is 3.10. The predicted octanol–water partition coefficient (Wildman–Crippen LogP) is 1.02. The molecule has 0 bridgehead atoms. The first-order valence-electron chi connectivity index (χ1n) is 4.40. The van der Waals surface area contributed by atoms with E-state index < -0.39 is 11.9 Å². The van der Waals surface area contributed by atoms with Crippen molar-refractivity contribution in [3.8, 4) is 0 Å². The minimum atomic E-state index is -0.803. The summed E-state index contributed by atoms with van der Waals surface area (Å²) < 4.78 is 30.9. The summed E-state index contributed by atoms with van der Waals surface area (Å²) in [6, 6.07) is 2.32. The molecular weight excluding hydrogens is 190 g/mol. The topological polar surface area (TPSA) is 34.1 Å². The number of nitrogens with zero attached hydrogens (tertiary/aromatic N) is 1. The van der Waals surface area contributed by atoms with Crippen molar-refractivity contribution >= 4 is 0 Å². The number of rotatable bonds is 1. The highest BCUT2D eigenvalue weighted by Crippen LogP contribution is 2.17. The molecule has 1 aromatic rings. The van der Waals surface area contributed by atoms with Gasteiger partial charge < -0.3 is 10.1 Å². The second kappa shape index (κ2) is 3.98. The zero-order chi connectivity index (χ0) is 9.97. The molecule has 1 atom stereocenters. The van der Waals surface area contributed by atoms with E-state index in [9.17, 15) is 8.78 Å². The normalized spacial score (nSPS) is 22.3. The van der Waals surface area contributed by atoms with Gasteiger partial charge in [-0.15, -0.1) is 0 Å². The Balaban J connectivity index is 2.22. The number of morpholine rings is 1. The number of halogens is 2. The van der Waals surface area contributed by atoms with Gasteiger partial charge in [-0.05, 0) is 12.1 Å². The van der Waals surface area contributed by atoms with Gasteiger partial charge in [-0.25, -0.2) is 0 Å². The molecule has 0 unspecified atom stereocenters. The van der Waals surface area contributed by atoms with Crippen molar-refractivity contribution in [2.45, 2.75) is 6.04 Å². The molecule has 1 aliphatic heterocycles. The summed E-state index contributed by atoms with van der Waals surface area (Å²) in [6.45, 7) is 1.68. The SMILES string of the molecule is Fc1ccc([C@H]2COCCN2)c(F)n1. The lowest BCUT2D eigenvalue weighted by molar-refractivity contribution is 0.0754. The Morgan fingerprint density at radius 3 is 2.93 bits per heavy atom. The summed E-state index contributed by atoms with van der Waals surface area (Å²) in [5.41, 5.74) is 0.353. The maximum absolute atomic E-state index is 13.2. The van der Waals surface area contributed by atoms with Gasteiger partial charge in [-0.1, -0.05) is 0 Å². The second-order valence-electron chi connectivity index (χ2n) is 3.10. The van der Waals surface area contributed by atoms with Crippen molar-refractivity contribution in [3.05, 3.63) is 29.6 Å². The fourth-order valence-corrected chi connectivity index (χ4v) is 1.45. The van der Waals surface area contributed by atoms with E-state index >= 15 is 0 Å². The third-order valence-electron chi connectivity index (χ3n) is 2.14. The van der Waals surface area contributed by atoms with Crippen LogP contribution in [-0.4, -0.2) is 24.7 Å². The largest absolute Gasteiger partial charge is 0.378 e. The average molecular weight is 200 g/mol. The Labute approximate surface area is 80.1 Å². The van der Waals surface area contributed by atoms with E-state index in [-0.39, 0.29) is 6.04 Å². The van der Waals surface area contributed by atoms with E-state index in [0.717, 1.165) is 6.07 Å². The molecule has 0 saturated carbocycles. The molecule has 2 heterocycles. The summed E-state index contributed by atoms with van der Waals surface area (Å²) in [5, 5.41) is 3.07. The molecule has 0 amide bonds. The quantitative estimate of drug-likeness (QED) is 0.687. The Hall–Kier alpha value is -1.07. The fourth-order valence-electron chi connectivity index (χ4n) is 1.45. The van der Waals surface area contributed by atoms with E-state index in [1.807, 2.05) is 0 Å². The molecule has 14 heavy (non-hydrogen) atoms. The molecule has 0 aromatic carbocycles. The first-order chi connectivity index (χ1) is 6.77. The predicted molar refractivity (Wildman–Crippen MR) is 45.7 cm³/mol. The van der Waals surface area contributed by atoms with Crippen LogP contribution in [0.5, 0.6) is 0 Å². The average Bonchev–Trinajstić information content (AvgIpc) is 2.19. The standard InChI is InChI=1S/C9H10F2N2O/c10-8-2-1-6(9(11)13-8)7-5-14-4-3-12-7/h1-2,7,12H,3-5H2/t7-/m1/s1. The van der Waals surface area contributed by atoms with Crippen LogP contribution in [0, 0.1) is 11.9 Å². The molecule has 1 aromatic heterocycles. The Kier molecular flexibility index (Phi) is 2.69. The molecule has 5 heteroatoms. The molecule has 1 fully saturated rings. The van der Waals surface area contributed by atoms with Crippen LogP contribution in [0.2, 0.25) is 0 Å². The molecule has 3 nitrogen and oxygen atoms in total. The van der Waals surface area contributed by atoms with Gasteiger partial charge in [-0.3, -0.25) is 0 Å². The fraction of sp³-hybridized carbons (Fsp3) is 0.444. The van der Waals surface area contributed by atoms with Crippen LogP contribution >= 0.6 is 0 Å². The maximum atomic E-state index is 13.2. The monoisotopic (exact) mass is 200 g/mol. The van der Waals surface area contributed by atoms with Gasteiger partial charge in [0.25, 0.3) is 0 Å². The number of aromatic nitrogens is 1. The molecule has 2 rings (SSSR count). The van der Waals surface area contributed by atoms with Gasteiger partial charge in [-0.2, -0.15) is 13.8 Å². The number of pyridine rings is 1. The maximum Gasteiger partial charge on any atom is 0.220 e. The van der Waals surface area contributed by atoms with Gasteiger partial charge >= 0.3 is 0 Å². The first kappa shape index (κ1) is 9.48. The van der Waals surface area contributed by atoms with Crippen molar-refractivity contribution in [2.24, 2.45) is 0 Å². The van der Waals surface area contributed by atoms with Gasteiger partial charge in [0.05, 0.1) is 19.3 Å². The Morgan fingerprint density at radius 2 is 2.29 bits per heavy atom. The molecule has 1 N–H and O–H groups in total. The first-order valence-corrected chi connectivity index (χ1v) is 4.40. The minimum absolute atomic E-state index is 0.225. The minimum Gasteiger partial charge on any atom is -0.378 e. The van der Waals surface area contributed by atoms with E-state index in [0.29, 0.717) is 25.3 Å². The van der Waals surface area contributed by atoms with Gasteiger partial charge in [0, 0.05) is 12.1 Å². The van der Waals surface area contributed by atoms with Gasteiger partial charge in [0.1, 0.15) is 0 Å². The van der Waals surface area contributed by atoms with Crippen LogP contribution in [0.3, 0.4) is 0 Å². The molecular formula is C9H10F2N2O. The molecule has 76 valence electrons. The van der Waals surface area contributed by atoms with Crippen molar-refractivity contribution in [2.75, 3.05) is 19.8 Å². The summed E-state index contributed by atoms with van der Waals surface area (Å²) in [7, 11) is 0. The molecule has 1 aliphatic rings. The third-order valence-corrected chi connectivity index (χ3v) is 2.14. The highest BCUT2D eigenvalue weighted by atomic mass is 19.1. The summed E-state index contributed by atoms with van der Waals surface area (Å²) in [4.78, 5) is 3.12. The van der Waals surface area contributed by atoms with E-state index in [2.05, 4.69) is 10.3 Å². The zero-order valence-electron chi connectivity index (χ0n) is 7.46. The zero-order valence-corrected chi connectivity index (χ0v) is 7.46. The smallest absolute Gasteiger partial charge is 0.220 e. The highest BCUT2D eigenvalue weighted by Gasteiger charge is 2.19. The van der Waals surface area contributed by atoms with Crippen LogP contribution in [0.4, 0.5) is 8.78 Å². The lowest BCUT2D eigenvalue weighted by Crippen LogP contribution is -2.35. The lowest BCUT2D eigenvalue weighted by Gasteiger charge is -2.23. The molecule has 0 radical (unpaired) electrons. The highest BCUT2D eigenvalue weighted by molar-refractivity contribution is 5.16. The van der Waals surface area contributed by atoms with Gasteiger partial charge in [0.15, 0.2) is 0 Å². The third kappa shape index (κ3) is 1.88. The molecule has 0 aliphatic carbocycles. The number of hydrogen-bond acceptors (Lipinski definition) is 3. The van der Waals surface area contributed by atoms with Crippen molar-refractivity contribution in [1.82, 2.24) is 10.3 Å². The number of hydrogen-bond donors (Lipinski definition) is 1. The lowest BCUT2D eigenvalue weighted by atomic mass is 10.1. The van der Waals surface area contributed by atoms with E-state index in [4.69, 9.17) is 4.74 Å². The summed E-state index contributed by atoms with van der Waals surface area (Å²) in [6.07, 6.45) is 0. The van der Waals surface area contributed by atoms with Crippen molar-refractivity contribution < 1.29 is 13.5 Å². The van der Waals surface area contributed by atoms with E-state index in [1.165, 1.54) is 6.07 Å². The van der Waals surface area contributed by atoms with Crippen molar-refractivity contribution in [1.29, 1.82) is 0 Å². The van der Waals surface area contributed by atoms with Crippen LogP contribution in [-0.2, 0) is 4.74 Å². The van der Waals surface area contributed by atoms with Crippen molar-refractivity contribution in [3.63, 3.8) is 0 Å². The van der Waals surface area contributed by atoms with Crippen LogP contribution in [0.15, 0.2) is 12.1 Å². The Morgan fingerprint density at radius 1 is 1.43 bits per heavy atom. The Bertz CT molecular complexity index is 327. The molecule has 0 spiro atoms. The van der Waals surface area contributed by atoms with Crippen LogP contribution < -0.4 is 5.32 Å².